The summed E-state index contributed by atoms with van der Waals surface area (Å²) in [5, 5.41) is 7.22. The molecule has 1 aromatic heterocycles. The molecule has 1 heterocycles. The highest BCUT2D eigenvalue weighted by molar-refractivity contribution is 6.33. The van der Waals surface area contributed by atoms with E-state index in [2.05, 4.69) is 10.5 Å². The van der Waals surface area contributed by atoms with Crippen LogP contribution in [-0.2, 0) is 4.74 Å². The first kappa shape index (κ1) is 15.5. The van der Waals surface area contributed by atoms with E-state index < -0.39 is 0 Å². The van der Waals surface area contributed by atoms with Gasteiger partial charge in [0.1, 0.15) is 5.56 Å². The van der Waals surface area contributed by atoms with Crippen molar-refractivity contribution in [1.29, 1.82) is 0 Å². The average molecular weight is 309 g/mol. The van der Waals surface area contributed by atoms with Gasteiger partial charge in [-0.1, -0.05) is 28.9 Å². The number of methoxy groups -OCH3 is 1. The zero-order valence-corrected chi connectivity index (χ0v) is 12.7. The number of rotatable bonds is 6. The van der Waals surface area contributed by atoms with Crippen molar-refractivity contribution < 1.29 is 14.1 Å². The van der Waals surface area contributed by atoms with Gasteiger partial charge < -0.3 is 14.6 Å². The predicted octanol–water partition coefficient (Wildman–Crippen LogP) is 3.07. The Hall–Kier alpha value is -1.85. The van der Waals surface area contributed by atoms with Gasteiger partial charge in [0.25, 0.3) is 5.91 Å². The van der Waals surface area contributed by atoms with Crippen LogP contribution in [0.25, 0.3) is 11.3 Å². The van der Waals surface area contributed by atoms with Crippen LogP contribution in [0.15, 0.2) is 28.8 Å². The molecule has 0 atom stereocenters. The Labute approximate surface area is 128 Å². The monoisotopic (exact) mass is 308 g/mol. The maximum atomic E-state index is 12.3. The number of hydrogen-bond donors (Lipinski definition) is 1. The van der Waals surface area contributed by atoms with E-state index in [1.165, 1.54) is 0 Å². The van der Waals surface area contributed by atoms with Gasteiger partial charge in [0.05, 0.1) is 10.7 Å². The summed E-state index contributed by atoms with van der Waals surface area (Å²) in [4.78, 5) is 12.3. The number of aryl methyl sites for hydroxylation is 1. The lowest BCUT2D eigenvalue weighted by molar-refractivity contribution is 0.0948. The fourth-order valence-electron chi connectivity index (χ4n) is 1.97. The van der Waals surface area contributed by atoms with Crippen LogP contribution in [0.5, 0.6) is 0 Å². The first-order valence-electron chi connectivity index (χ1n) is 6.63. The zero-order valence-electron chi connectivity index (χ0n) is 12.0. The van der Waals surface area contributed by atoms with E-state index in [1.54, 1.807) is 26.2 Å². The third kappa shape index (κ3) is 3.62. The molecule has 0 saturated heterocycles. The Bertz CT molecular complexity index is 625. The number of hydrogen-bond acceptors (Lipinski definition) is 4. The minimum absolute atomic E-state index is 0.222. The maximum Gasteiger partial charge on any atom is 0.257 e. The van der Waals surface area contributed by atoms with E-state index in [0.29, 0.717) is 40.8 Å². The van der Waals surface area contributed by atoms with Gasteiger partial charge in [-0.15, -0.1) is 0 Å². The van der Waals surface area contributed by atoms with Crippen LogP contribution in [0.2, 0.25) is 5.02 Å². The van der Waals surface area contributed by atoms with Crippen molar-refractivity contribution in [2.45, 2.75) is 13.3 Å². The van der Waals surface area contributed by atoms with Crippen LogP contribution in [0.4, 0.5) is 0 Å². The average Bonchev–Trinajstić information content (AvgIpc) is 2.85. The molecular formula is C15H17ClN2O3. The molecule has 0 spiro atoms. The van der Waals surface area contributed by atoms with Gasteiger partial charge in [-0.3, -0.25) is 4.79 Å². The van der Waals surface area contributed by atoms with E-state index in [0.717, 1.165) is 6.42 Å². The number of halogens is 1. The van der Waals surface area contributed by atoms with Crippen molar-refractivity contribution in [1.82, 2.24) is 10.5 Å². The Morgan fingerprint density at radius 3 is 2.90 bits per heavy atom. The Morgan fingerprint density at radius 1 is 1.43 bits per heavy atom. The highest BCUT2D eigenvalue weighted by Gasteiger charge is 2.22. The molecule has 0 saturated carbocycles. The molecule has 0 aliphatic carbocycles. The largest absolute Gasteiger partial charge is 0.385 e. The van der Waals surface area contributed by atoms with Gasteiger partial charge in [-0.2, -0.15) is 0 Å². The summed E-state index contributed by atoms with van der Waals surface area (Å²) in [6.07, 6.45) is 0.744. The third-order valence-corrected chi connectivity index (χ3v) is 3.35. The second kappa shape index (κ2) is 7.24. The van der Waals surface area contributed by atoms with Crippen LogP contribution < -0.4 is 5.32 Å². The summed E-state index contributed by atoms with van der Waals surface area (Å²) in [7, 11) is 1.63. The first-order valence-corrected chi connectivity index (χ1v) is 7.01. The molecular weight excluding hydrogens is 292 g/mol. The van der Waals surface area contributed by atoms with Crippen molar-refractivity contribution >= 4 is 17.5 Å². The maximum absolute atomic E-state index is 12.3. The van der Waals surface area contributed by atoms with Gasteiger partial charge in [0.15, 0.2) is 5.76 Å². The lowest BCUT2D eigenvalue weighted by atomic mass is 10.1. The Morgan fingerprint density at radius 2 is 2.19 bits per heavy atom. The molecule has 2 aromatic rings. The fraction of sp³-hybridized carbons (Fsp3) is 0.333. The Balaban J connectivity index is 2.22. The SMILES string of the molecule is COCCCNC(=O)c1c(C)noc1-c1ccccc1Cl. The van der Waals surface area contributed by atoms with Crippen LogP contribution in [0.1, 0.15) is 22.5 Å². The first-order chi connectivity index (χ1) is 10.1. The lowest BCUT2D eigenvalue weighted by Crippen LogP contribution is -2.26. The summed E-state index contributed by atoms with van der Waals surface area (Å²) < 4.78 is 10.2. The highest BCUT2D eigenvalue weighted by Crippen LogP contribution is 2.31. The van der Waals surface area contributed by atoms with E-state index in [-0.39, 0.29) is 5.91 Å². The molecule has 5 nitrogen and oxygen atoms in total. The molecule has 1 amide bonds. The molecule has 0 bridgehead atoms. The predicted molar refractivity (Wildman–Crippen MR) is 80.5 cm³/mol. The second-order valence-corrected chi connectivity index (χ2v) is 4.96. The molecule has 0 radical (unpaired) electrons. The minimum atomic E-state index is -0.222. The number of carbonyl (C=O) groups is 1. The normalized spacial score (nSPS) is 10.6. The molecule has 1 N–H and O–H groups in total. The second-order valence-electron chi connectivity index (χ2n) is 4.55. The van der Waals surface area contributed by atoms with E-state index >= 15 is 0 Å². The molecule has 0 aliphatic rings. The molecule has 0 aliphatic heterocycles. The zero-order chi connectivity index (χ0) is 15.2. The van der Waals surface area contributed by atoms with Crippen molar-refractivity contribution in [3.05, 3.63) is 40.5 Å². The van der Waals surface area contributed by atoms with Crippen LogP contribution in [0, 0.1) is 6.92 Å². The standard InChI is InChI=1S/C15H17ClN2O3/c1-10-13(15(19)17-8-5-9-20-2)14(21-18-10)11-6-3-4-7-12(11)16/h3-4,6-7H,5,8-9H2,1-2H3,(H,17,19). The number of aromatic nitrogens is 1. The van der Waals surface area contributed by atoms with Gasteiger partial charge in [0.2, 0.25) is 0 Å². The van der Waals surface area contributed by atoms with Crippen molar-refractivity contribution in [2.75, 3.05) is 20.3 Å². The van der Waals surface area contributed by atoms with Crippen LogP contribution >= 0.6 is 11.6 Å². The van der Waals surface area contributed by atoms with Gasteiger partial charge in [-0.05, 0) is 25.5 Å². The molecule has 0 unspecified atom stereocenters. The molecule has 2 rings (SSSR count). The van der Waals surface area contributed by atoms with Gasteiger partial charge in [0, 0.05) is 25.8 Å². The number of amides is 1. The molecule has 1 aromatic carbocycles. The van der Waals surface area contributed by atoms with Crippen molar-refractivity contribution in [3.63, 3.8) is 0 Å². The third-order valence-electron chi connectivity index (χ3n) is 3.02. The Kier molecular flexibility index (Phi) is 5.36. The summed E-state index contributed by atoms with van der Waals surface area (Å²) in [5.41, 5.74) is 1.61. The number of benzene rings is 1. The summed E-state index contributed by atoms with van der Waals surface area (Å²) in [5.74, 6) is 0.169. The van der Waals surface area contributed by atoms with E-state index in [9.17, 15) is 4.79 Å². The molecule has 0 fully saturated rings. The smallest absolute Gasteiger partial charge is 0.257 e. The summed E-state index contributed by atoms with van der Waals surface area (Å²) >= 11 is 6.15. The van der Waals surface area contributed by atoms with Crippen LogP contribution in [-0.4, -0.2) is 31.3 Å². The summed E-state index contributed by atoms with van der Waals surface area (Å²) in [6, 6.07) is 7.19. The van der Waals surface area contributed by atoms with E-state index in [4.69, 9.17) is 20.9 Å². The topological polar surface area (TPSA) is 64.4 Å². The number of ether oxygens (including phenoxy) is 1. The molecule has 6 heteroatoms. The quantitative estimate of drug-likeness (QED) is 0.833. The van der Waals surface area contributed by atoms with Crippen molar-refractivity contribution in [3.8, 4) is 11.3 Å². The van der Waals surface area contributed by atoms with Crippen molar-refractivity contribution in [2.24, 2.45) is 0 Å². The number of nitrogens with zero attached hydrogens (tertiary/aromatic N) is 1. The van der Waals surface area contributed by atoms with E-state index in [1.807, 2.05) is 12.1 Å². The van der Waals surface area contributed by atoms with Gasteiger partial charge >= 0.3 is 0 Å². The number of carbonyl (C=O) groups excluding carboxylic acids is 1. The fourth-order valence-corrected chi connectivity index (χ4v) is 2.19. The highest BCUT2D eigenvalue weighted by atomic mass is 35.5. The molecule has 21 heavy (non-hydrogen) atoms. The molecule has 112 valence electrons. The minimum Gasteiger partial charge on any atom is -0.385 e. The lowest BCUT2D eigenvalue weighted by Gasteiger charge is -2.06. The number of nitrogens with one attached hydrogen (secondary N) is 1. The summed E-state index contributed by atoms with van der Waals surface area (Å²) in [6.45, 7) is 2.85. The van der Waals surface area contributed by atoms with Crippen LogP contribution in [0.3, 0.4) is 0 Å². The van der Waals surface area contributed by atoms with Gasteiger partial charge in [-0.25, -0.2) is 0 Å².